The third kappa shape index (κ3) is 7.26. The zero-order chi connectivity index (χ0) is 24.3. The molecule has 0 atom stereocenters. The van der Waals surface area contributed by atoms with E-state index in [1.165, 1.54) is 53.0 Å². The van der Waals surface area contributed by atoms with Gasteiger partial charge in [0.1, 0.15) is 0 Å². The quantitative estimate of drug-likeness (QED) is 0.523. The smallest absolute Gasteiger partial charge is 0.254 e. The Kier molecular flexibility index (Phi) is 10.3. The van der Waals surface area contributed by atoms with Crippen molar-refractivity contribution in [3.63, 3.8) is 0 Å². The molecule has 2 saturated heterocycles. The van der Waals surface area contributed by atoms with Gasteiger partial charge in [-0.15, -0.1) is 0 Å². The number of hydrogen-bond acceptors (Lipinski definition) is 6. The summed E-state index contributed by atoms with van der Waals surface area (Å²) in [6, 6.07) is 3.38. The fourth-order valence-electron chi connectivity index (χ4n) is 4.95. The number of nitrogens with zero attached hydrogens (tertiary/aromatic N) is 2. The molecule has 3 rings (SSSR count). The molecule has 2 amide bonds. The van der Waals surface area contributed by atoms with Crippen molar-refractivity contribution in [2.75, 3.05) is 60.6 Å². The van der Waals surface area contributed by atoms with Crippen molar-refractivity contribution in [2.45, 2.75) is 51.4 Å². The first-order valence-corrected chi connectivity index (χ1v) is 12.6. The number of methoxy groups -OCH3 is 3. The topological polar surface area (TPSA) is 80.3 Å². The molecular formula is C26H41N3O5. The Morgan fingerprint density at radius 2 is 1.53 bits per heavy atom. The van der Waals surface area contributed by atoms with Gasteiger partial charge >= 0.3 is 0 Å². The molecule has 8 heteroatoms. The monoisotopic (exact) mass is 475 g/mol. The van der Waals surface area contributed by atoms with Crippen molar-refractivity contribution < 1.29 is 23.8 Å². The van der Waals surface area contributed by atoms with Crippen LogP contribution in [-0.4, -0.2) is 82.2 Å². The fraction of sp³-hybridized carbons (Fsp3) is 0.692. The molecule has 2 aliphatic heterocycles. The summed E-state index contributed by atoms with van der Waals surface area (Å²) >= 11 is 0. The molecule has 8 nitrogen and oxygen atoms in total. The van der Waals surface area contributed by atoms with Gasteiger partial charge in [-0.2, -0.15) is 0 Å². The molecule has 2 heterocycles. The standard InChI is InChI=1S/C26H41N3O5/c1-32-22-18-21(19-23(33-2)25(22)34-3)26(31)29-15-9-20(10-16-29)17-24(30)27-11-8-14-28-12-6-4-5-7-13-28/h18-20H,4-17H2,1-3H3,(H,27,30). The lowest BCUT2D eigenvalue weighted by molar-refractivity contribution is -0.122. The summed E-state index contributed by atoms with van der Waals surface area (Å²) < 4.78 is 16.1. The summed E-state index contributed by atoms with van der Waals surface area (Å²) in [6.45, 7) is 5.49. The van der Waals surface area contributed by atoms with Crippen LogP contribution in [0.2, 0.25) is 0 Å². The second-order valence-corrected chi connectivity index (χ2v) is 9.31. The van der Waals surface area contributed by atoms with E-state index < -0.39 is 0 Å². The number of nitrogens with one attached hydrogen (secondary N) is 1. The molecule has 0 aromatic heterocycles. The van der Waals surface area contributed by atoms with E-state index in [1.54, 1.807) is 19.2 Å². The van der Waals surface area contributed by atoms with E-state index in [4.69, 9.17) is 14.2 Å². The first-order valence-electron chi connectivity index (χ1n) is 12.6. The highest BCUT2D eigenvalue weighted by atomic mass is 16.5. The molecule has 1 N–H and O–H groups in total. The number of amides is 2. The van der Waals surface area contributed by atoms with E-state index in [0.717, 1.165) is 32.4 Å². The molecule has 0 radical (unpaired) electrons. The Balaban J connectivity index is 1.40. The van der Waals surface area contributed by atoms with Crippen LogP contribution < -0.4 is 19.5 Å². The Bertz CT molecular complexity index is 775. The molecule has 0 aliphatic carbocycles. The Morgan fingerprint density at radius 1 is 0.912 bits per heavy atom. The number of carbonyl (C=O) groups is 2. The number of ether oxygens (including phenoxy) is 3. The van der Waals surface area contributed by atoms with E-state index in [0.29, 0.717) is 48.2 Å². The van der Waals surface area contributed by atoms with Crippen molar-refractivity contribution in [3.05, 3.63) is 17.7 Å². The zero-order valence-corrected chi connectivity index (χ0v) is 21.1. The van der Waals surface area contributed by atoms with Crippen LogP contribution in [0.1, 0.15) is 61.7 Å². The average Bonchev–Trinajstić information content (AvgIpc) is 3.14. The lowest BCUT2D eigenvalue weighted by atomic mass is 9.92. The number of benzene rings is 1. The number of rotatable bonds is 10. The van der Waals surface area contributed by atoms with Gasteiger partial charge in [-0.05, 0) is 69.8 Å². The third-order valence-electron chi connectivity index (χ3n) is 6.96. The molecule has 0 saturated carbocycles. The predicted molar refractivity (Wildman–Crippen MR) is 132 cm³/mol. The normalized spacial score (nSPS) is 17.7. The molecule has 0 spiro atoms. The minimum absolute atomic E-state index is 0.0596. The largest absolute Gasteiger partial charge is 0.493 e. The second-order valence-electron chi connectivity index (χ2n) is 9.31. The average molecular weight is 476 g/mol. The Morgan fingerprint density at radius 3 is 2.09 bits per heavy atom. The lowest BCUT2D eigenvalue weighted by Gasteiger charge is -2.32. The first-order chi connectivity index (χ1) is 16.5. The molecule has 0 unspecified atom stereocenters. The highest BCUT2D eigenvalue weighted by molar-refractivity contribution is 5.95. The zero-order valence-electron chi connectivity index (χ0n) is 21.1. The molecule has 1 aromatic carbocycles. The summed E-state index contributed by atoms with van der Waals surface area (Å²) in [5, 5.41) is 3.10. The van der Waals surface area contributed by atoms with E-state index in [-0.39, 0.29) is 11.8 Å². The Labute approximate surface area is 203 Å². The first kappa shape index (κ1) is 26.1. The highest BCUT2D eigenvalue weighted by Gasteiger charge is 2.27. The number of hydrogen-bond donors (Lipinski definition) is 1. The van der Waals surface area contributed by atoms with Gasteiger partial charge in [0.25, 0.3) is 5.91 Å². The van der Waals surface area contributed by atoms with Crippen LogP contribution >= 0.6 is 0 Å². The van der Waals surface area contributed by atoms with Crippen LogP contribution in [0.5, 0.6) is 17.2 Å². The van der Waals surface area contributed by atoms with Gasteiger partial charge in [0.05, 0.1) is 21.3 Å². The van der Waals surface area contributed by atoms with Crippen LogP contribution in [0, 0.1) is 5.92 Å². The Hall–Kier alpha value is -2.48. The van der Waals surface area contributed by atoms with E-state index >= 15 is 0 Å². The van der Waals surface area contributed by atoms with Gasteiger partial charge in [0, 0.05) is 31.6 Å². The van der Waals surface area contributed by atoms with Crippen molar-refractivity contribution in [3.8, 4) is 17.2 Å². The van der Waals surface area contributed by atoms with E-state index in [9.17, 15) is 9.59 Å². The van der Waals surface area contributed by atoms with E-state index in [2.05, 4.69) is 10.2 Å². The van der Waals surface area contributed by atoms with Gasteiger partial charge in [-0.1, -0.05) is 12.8 Å². The lowest BCUT2D eigenvalue weighted by Crippen LogP contribution is -2.40. The minimum Gasteiger partial charge on any atom is -0.493 e. The highest BCUT2D eigenvalue weighted by Crippen LogP contribution is 2.38. The number of carbonyl (C=O) groups excluding carboxylic acids is 2. The van der Waals surface area contributed by atoms with Crippen LogP contribution in [0.4, 0.5) is 0 Å². The SMILES string of the molecule is COc1cc(C(=O)N2CCC(CC(=O)NCCCN3CCCCCC3)CC2)cc(OC)c1OC. The molecule has 190 valence electrons. The maximum atomic E-state index is 13.1. The minimum atomic E-state index is -0.0596. The maximum Gasteiger partial charge on any atom is 0.254 e. The fourth-order valence-corrected chi connectivity index (χ4v) is 4.95. The van der Waals surface area contributed by atoms with Crippen molar-refractivity contribution in [1.82, 2.24) is 15.1 Å². The van der Waals surface area contributed by atoms with Gasteiger partial charge in [0.15, 0.2) is 11.5 Å². The van der Waals surface area contributed by atoms with Crippen LogP contribution in [-0.2, 0) is 4.79 Å². The van der Waals surface area contributed by atoms with Crippen molar-refractivity contribution in [2.24, 2.45) is 5.92 Å². The summed E-state index contributed by atoms with van der Waals surface area (Å²) in [7, 11) is 4.62. The molecule has 0 bridgehead atoms. The summed E-state index contributed by atoms with van der Waals surface area (Å²) in [6.07, 6.45) is 8.50. The van der Waals surface area contributed by atoms with Crippen molar-refractivity contribution >= 4 is 11.8 Å². The molecule has 2 aliphatic rings. The van der Waals surface area contributed by atoms with Crippen LogP contribution in [0.25, 0.3) is 0 Å². The number of piperidine rings is 1. The van der Waals surface area contributed by atoms with Gasteiger partial charge < -0.3 is 29.3 Å². The summed E-state index contributed by atoms with van der Waals surface area (Å²) in [5.74, 6) is 1.79. The van der Waals surface area contributed by atoms with Crippen molar-refractivity contribution in [1.29, 1.82) is 0 Å². The van der Waals surface area contributed by atoms with Crippen LogP contribution in [0.15, 0.2) is 12.1 Å². The number of likely N-dealkylation sites (tertiary alicyclic amines) is 2. The summed E-state index contributed by atoms with van der Waals surface area (Å²) in [5.41, 5.74) is 0.509. The van der Waals surface area contributed by atoms with Gasteiger partial charge in [-0.25, -0.2) is 0 Å². The molecule has 34 heavy (non-hydrogen) atoms. The molecule has 2 fully saturated rings. The summed E-state index contributed by atoms with van der Waals surface area (Å²) in [4.78, 5) is 29.9. The molecule has 1 aromatic rings. The second kappa shape index (κ2) is 13.4. The van der Waals surface area contributed by atoms with E-state index in [1.807, 2.05) is 4.90 Å². The van der Waals surface area contributed by atoms with Gasteiger partial charge in [0.2, 0.25) is 11.7 Å². The third-order valence-corrected chi connectivity index (χ3v) is 6.96. The predicted octanol–water partition coefficient (Wildman–Crippen LogP) is 3.34. The maximum absolute atomic E-state index is 13.1. The molecular weight excluding hydrogens is 434 g/mol. The van der Waals surface area contributed by atoms with Crippen LogP contribution in [0.3, 0.4) is 0 Å². The van der Waals surface area contributed by atoms with Gasteiger partial charge in [-0.3, -0.25) is 9.59 Å².